The van der Waals surface area contributed by atoms with E-state index in [-0.39, 0.29) is 6.54 Å². The average molecular weight is 453 g/mol. The molecule has 0 spiro atoms. The van der Waals surface area contributed by atoms with Crippen LogP contribution in [0.3, 0.4) is 0 Å². The summed E-state index contributed by atoms with van der Waals surface area (Å²) in [6.07, 6.45) is 5.93. The Morgan fingerprint density at radius 1 is 1.09 bits per heavy atom. The van der Waals surface area contributed by atoms with E-state index in [0.717, 1.165) is 61.6 Å². The fourth-order valence-corrected chi connectivity index (χ4v) is 3.96. The van der Waals surface area contributed by atoms with E-state index in [4.69, 9.17) is 0 Å². The molecule has 9 heteroatoms. The average Bonchev–Trinajstić information content (AvgIpc) is 2.80. The van der Waals surface area contributed by atoms with Crippen LogP contribution in [0, 0.1) is 24.5 Å². The summed E-state index contributed by atoms with van der Waals surface area (Å²) in [6.45, 7) is 3.56. The summed E-state index contributed by atoms with van der Waals surface area (Å²) in [7, 11) is 0. The standard InChI is InChI=1S/C24H26F2N6O/c1-16-4-3-9-27-24(16)30-21-13-18(28-15-29-21)12-17-7-10-32(11-8-17)14-22(33)31-23-19(25)5-2-6-20(23)26/h2-6,9,13,15,17H,7-8,10-12,14H2,1H3,(H,31,33)(H,27,28,29,30). The van der Waals surface area contributed by atoms with Crippen molar-refractivity contribution in [2.75, 3.05) is 30.3 Å². The molecule has 33 heavy (non-hydrogen) atoms. The zero-order valence-corrected chi connectivity index (χ0v) is 18.4. The van der Waals surface area contributed by atoms with Gasteiger partial charge in [0.2, 0.25) is 5.91 Å². The maximum atomic E-state index is 13.7. The van der Waals surface area contributed by atoms with Gasteiger partial charge in [0.05, 0.1) is 6.54 Å². The summed E-state index contributed by atoms with van der Waals surface area (Å²) in [5.41, 5.74) is 1.59. The van der Waals surface area contributed by atoms with Gasteiger partial charge >= 0.3 is 0 Å². The van der Waals surface area contributed by atoms with Crippen molar-refractivity contribution in [1.82, 2.24) is 19.9 Å². The molecule has 0 unspecified atom stereocenters. The van der Waals surface area contributed by atoms with Crippen LogP contribution in [0.15, 0.2) is 48.9 Å². The third-order valence-corrected chi connectivity index (χ3v) is 5.78. The first-order chi connectivity index (χ1) is 16.0. The van der Waals surface area contributed by atoms with Crippen LogP contribution in [-0.2, 0) is 11.2 Å². The van der Waals surface area contributed by atoms with Gasteiger partial charge in [-0.05, 0) is 69.0 Å². The Balaban J connectivity index is 1.26. The predicted octanol–water partition coefficient (Wildman–Crippen LogP) is 4.10. The number of carbonyl (C=O) groups is 1. The summed E-state index contributed by atoms with van der Waals surface area (Å²) in [5, 5.41) is 5.59. The Morgan fingerprint density at radius 3 is 2.58 bits per heavy atom. The highest BCUT2D eigenvalue weighted by Crippen LogP contribution is 2.23. The number of nitrogens with zero attached hydrogens (tertiary/aromatic N) is 4. The maximum absolute atomic E-state index is 13.7. The van der Waals surface area contributed by atoms with E-state index in [1.54, 1.807) is 12.5 Å². The fourth-order valence-electron chi connectivity index (χ4n) is 3.96. The zero-order chi connectivity index (χ0) is 23.2. The van der Waals surface area contributed by atoms with Gasteiger partial charge in [-0.15, -0.1) is 0 Å². The summed E-state index contributed by atoms with van der Waals surface area (Å²) in [6, 6.07) is 9.32. The van der Waals surface area contributed by atoms with Crippen LogP contribution >= 0.6 is 0 Å². The number of aryl methyl sites for hydroxylation is 1. The van der Waals surface area contributed by atoms with Crippen LogP contribution in [0.4, 0.5) is 26.1 Å². The number of hydrogen-bond donors (Lipinski definition) is 2. The van der Waals surface area contributed by atoms with Crippen molar-refractivity contribution in [1.29, 1.82) is 0 Å². The van der Waals surface area contributed by atoms with Gasteiger partial charge in [-0.25, -0.2) is 23.7 Å². The van der Waals surface area contributed by atoms with Gasteiger partial charge in [-0.3, -0.25) is 9.69 Å². The first kappa shape index (κ1) is 22.7. The van der Waals surface area contributed by atoms with E-state index in [2.05, 4.69) is 25.6 Å². The molecular weight excluding hydrogens is 426 g/mol. The van der Waals surface area contributed by atoms with Gasteiger partial charge in [0.25, 0.3) is 0 Å². The van der Waals surface area contributed by atoms with Gasteiger partial charge in [0, 0.05) is 18.0 Å². The van der Waals surface area contributed by atoms with E-state index >= 15 is 0 Å². The lowest BCUT2D eigenvalue weighted by Crippen LogP contribution is -2.39. The van der Waals surface area contributed by atoms with Crippen LogP contribution in [0.25, 0.3) is 0 Å². The lowest BCUT2D eigenvalue weighted by atomic mass is 9.92. The fraction of sp³-hybridized carbons (Fsp3) is 0.333. The molecule has 7 nitrogen and oxygen atoms in total. The topological polar surface area (TPSA) is 83.0 Å². The van der Waals surface area contributed by atoms with Crippen molar-refractivity contribution in [2.24, 2.45) is 5.92 Å². The molecule has 1 aromatic carbocycles. The van der Waals surface area contributed by atoms with Gasteiger partial charge < -0.3 is 10.6 Å². The Hall–Kier alpha value is -3.46. The number of carbonyl (C=O) groups excluding carboxylic acids is 1. The number of benzene rings is 1. The van der Waals surface area contributed by atoms with E-state index in [1.807, 2.05) is 30.0 Å². The number of hydrogen-bond acceptors (Lipinski definition) is 6. The van der Waals surface area contributed by atoms with Crippen molar-refractivity contribution in [2.45, 2.75) is 26.2 Å². The van der Waals surface area contributed by atoms with Gasteiger partial charge in [-0.2, -0.15) is 0 Å². The van der Waals surface area contributed by atoms with Crippen LogP contribution in [0.1, 0.15) is 24.1 Å². The highest BCUT2D eigenvalue weighted by molar-refractivity contribution is 5.92. The Bertz CT molecular complexity index is 1100. The number of amides is 1. The van der Waals surface area contributed by atoms with Crippen molar-refractivity contribution in [3.05, 3.63) is 71.8 Å². The van der Waals surface area contributed by atoms with Gasteiger partial charge in [0.15, 0.2) is 0 Å². The lowest BCUT2D eigenvalue weighted by Gasteiger charge is -2.31. The summed E-state index contributed by atoms with van der Waals surface area (Å²) in [4.78, 5) is 27.3. The number of aromatic nitrogens is 3. The number of rotatable bonds is 7. The highest BCUT2D eigenvalue weighted by Gasteiger charge is 2.22. The minimum Gasteiger partial charge on any atom is -0.325 e. The Labute approximate surface area is 191 Å². The quantitative estimate of drug-likeness (QED) is 0.562. The number of anilines is 3. The number of halogens is 2. The van der Waals surface area contributed by atoms with Crippen LogP contribution in [0.2, 0.25) is 0 Å². The minimum atomic E-state index is -0.779. The molecule has 0 bridgehead atoms. The van der Waals surface area contributed by atoms with Crippen molar-refractivity contribution in [3.63, 3.8) is 0 Å². The second kappa shape index (κ2) is 10.4. The Kier molecular flexibility index (Phi) is 7.19. The molecule has 172 valence electrons. The van der Waals surface area contributed by atoms with Gasteiger partial charge in [-0.1, -0.05) is 12.1 Å². The lowest BCUT2D eigenvalue weighted by molar-refractivity contribution is -0.117. The molecule has 1 saturated heterocycles. The van der Waals surface area contributed by atoms with Gasteiger partial charge in [0.1, 0.15) is 35.3 Å². The first-order valence-electron chi connectivity index (χ1n) is 10.9. The van der Waals surface area contributed by atoms with Crippen LogP contribution in [0.5, 0.6) is 0 Å². The number of piperidine rings is 1. The molecule has 3 aromatic rings. The van der Waals surface area contributed by atoms with E-state index in [1.165, 1.54) is 6.07 Å². The monoisotopic (exact) mass is 452 g/mol. The first-order valence-corrected chi connectivity index (χ1v) is 10.9. The smallest absolute Gasteiger partial charge is 0.238 e. The minimum absolute atomic E-state index is 0.103. The molecule has 0 saturated carbocycles. The highest BCUT2D eigenvalue weighted by atomic mass is 19.1. The predicted molar refractivity (Wildman–Crippen MR) is 122 cm³/mol. The number of pyridine rings is 1. The largest absolute Gasteiger partial charge is 0.325 e. The maximum Gasteiger partial charge on any atom is 0.238 e. The summed E-state index contributed by atoms with van der Waals surface area (Å²) in [5.74, 6) is -0.0697. The second-order valence-corrected chi connectivity index (χ2v) is 8.26. The molecule has 1 aliphatic rings. The van der Waals surface area contributed by atoms with Crippen molar-refractivity contribution >= 4 is 23.2 Å². The molecule has 3 heterocycles. The zero-order valence-electron chi connectivity index (χ0n) is 18.4. The molecule has 1 fully saturated rings. The molecule has 1 amide bonds. The van der Waals surface area contributed by atoms with E-state index in [9.17, 15) is 13.6 Å². The third-order valence-electron chi connectivity index (χ3n) is 5.78. The molecule has 4 rings (SSSR count). The normalized spacial score (nSPS) is 14.8. The second-order valence-electron chi connectivity index (χ2n) is 8.26. The molecule has 2 N–H and O–H groups in total. The molecule has 2 aromatic heterocycles. The summed E-state index contributed by atoms with van der Waals surface area (Å²) < 4.78 is 27.5. The van der Waals surface area contributed by atoms with Crippen molar-refractivity contribution < 1.29 is 13.6 Å². The number of nitrogens with one attached hydrogen (secondary N) is 2. The van der Waals surface area contributed by atoms with Crippen LogP contribution < -0.4 is 10.6 Å². The van der Waals surface area contributed by atoms with E-state index in [0.29, 0.717) is 11.7 Å². The molecule has 1 aliphatic heterocycles. The third kappa shape index (κ3) is 6.07. The summed E-state index contributed by atoms with van der Waals surface area (Å²) >= 11 is 0. The number of likely N-dealkylation sites (tertiary alicyclic amines) is 1. The SMILES string of the molecule is Cc1cccnc1Nc1cc(CC2CCN(CC(=O)Nc3c(F)cccc3F)CC2)ncn1. The molecule has 0 aliphatic carbocycles. The Morgan fingerprint density at radius 2 is 1.85 bits per heavy atom. The van der Waals surface area contributed by atoms with Crippen LogP contribution in [-0.4, -0.2) is 45.4 Å². The molecule has 0 radical (unpaired) electrons. The number of para-hydroxylation sites is 1. The van der Waals surface area contributed by atoms with E-state index < -0.39 is 23.2 Å². The molecule has 0 atom stereocenters. The van der Waals surface area contributed by atoms with Crippen molar-refractivity contribution in [3.8, 4) is 0 Å². The molecular formula is C24H26F2N6O.